The van der Waals surface area contributed by atoms with Gasteiger partial charge in [0, 0.05) is 0 Å². The predicted molar refractivity (Wildman–Crippen MR) is 428 cm³/mol. The van der Waals surface area contributed by atoms with Gasteiger partial charge in [0.05, 0.1) is 0 Å². The van der Waals surface area contributed by atoms with Crippen LogP contribution >= 0.6 is 17.0 Å². The summed E-state index contributed by atoms with van der Waals surface area (Å²) in [4.78, 5) is 0. The summed E-state index contributed by atoms with van der Waals surface area (Å²) in [6.07, 6.45) is 48.9. The van der Waals surface area contributed by atoms with E-state index in [1.165, 1.54) is 89.1 Å². The van der Waals surface area contributed by atoms with Crippen molar-refractivity contribution in [3.05, 3.63) is 429 Å². The molecule has 8 atom stereocenters. The minimum atomic E-state index is -7.73. The van der Waals surface area contributed by atoms with E-state index in [1.54, 1.807) is 0 Å². The molecule has 8 aromatic rings. The molecule has 103 heavy (non-hydrogen) atoms. The molecule has 4 nitrogen and oxygen atoms in total. The maximum atomic E-state index is 11.5. The molecule has 2 aliphatic heterocycles. The second-order valence-corrected chi connectivity index (χ2v) is 82.9. The van der Waals surface area contributed by atoms with Crippen molar-refractivity contribution in [2.24, 2.45) is 0 Å². The summed E-state index contributed by atoms with van der Waals surface area (Å²) < 4.78 is 23.0. The molecule has 0 amide bonds. The third kappa shape index (κ3) is 8.47. The van der Waals surface area contributed by atoms with E-state index in [4.69, 9.17) is 18.9 Å². The Balaban J connectivity index is 0.924. The summed E-state index contributed by atoms with van der Waals surface area (Å²) in [7, 11) is 23.1. The van der Waals surface area contributed by atoms with Crippen LogP contribution in [0.5, 0.6) is 46.0 Å². The van der Waals surface area contributed by atoms with Gasteiger partial charge in [-0.05, 0) is 0 Å². The van der Waals surface area contributed by atoms with E-state index in [0.29, 0.717) is 0 Å². The van der Waals surface area contributed by atoms with Gasteiger partial charge in [0.2, 0.25) is 0 Å². The van der Waals surface area contributed by atoms with E-state index in [9.17, 15) is 17.0 Å². The van der Waals surface area contributed by atoms with Crippen molar-refractivity contribution < 1.29 is 33.9 Å². The molecule has 506 valence electrons. The molecule has 8 aromatic carbocycles. The van der Waals surface area contributed by atoms with Crippen LogP contribution in [0.2, 0.25) is 19.3 Å². The summed E-state index contributed by atoms with van der Waals surface area (Å²) in [6.45, 7) is 9.99. The summed E-state index contributed by atoms with van der Waals surface area (Å²) >= 11 is -14.7. The molecule has 2 heterocycles. The Morgan fingerprint density at radius 3 is 0.670 bits per heavy atom. The molecule has 8 unspecified atom stereocenters. The summed E-state index contributed by atoms with van der Waals surface area (Å²) in [6, 6.07) is 75.6. The van der Waals surface area contributed by atoms with Crippen molar-refractivity contribution in [3.63, 3.8) is 0 Å². The zero-order valence-corrected chi connectivity index (χ0v) is 67.5. The van der Waals surface area contributed by atoms with Crippen LogP contribution in [0, 0.1) is 0 Å². The van der Waals surface area contributed by atoms with Crippen LogP contribution in [0.15, 0.2) is 407 Å². The van der Waals surface area contributed by atoms with E-state index < -0.39 is 51.4 Å². The molecule has 0 saturated carbocycles. The molecule has 2 fully saturated rings. The van der Waals surface area contributed by atoms with Gasteiger partial charge in [-0.15, -0.1) is 0 Å². The molecule has 18 rings (SSSR count). The summed E-state index contributed by atoms with van der Waals surface area (Å²) in [5, 5.41) is 0. The van der Waals surface area contributed by atoms with E-state index in [0.717, 1.165) is 46.0 Å². The number of hydrogen-bond acceptors (Lipinski definition) is 4. The van der Waals surface area contributed by atoms with Crippen molar-refractivity contribution >= 4 is 45.7 Å². The normalized spacial score (nSPS) is 29.3. The number of halogens is 2. The molecule has 2 saturated heterocycles. The Morgan fingerprint density at radius 1 is 0.272 bits per heavy atom. The first kappa shape index (κ1) is 66.3. The van der Waals surface area contributed by atoms with Gasteiger partial charge in [0.1, 0.15) is 0 Å². The number of para-hydroxylation sites is 4. The second kappa shape index (κ2) is 24.5. The fourth-order valence-corrected chi connectivity index (χ4v) is 230. The van der Waals surface area contributed by atoms with Crippen LogP contribution in [0.25, 0.3) is 0 Å². The molecule has 0 aromatic heterocycles. The van der Waals surface area contributed by atoms with Gasteiger partial charge in [-0.2, -0.15) is 0 Å². The van der Waals surface area contributed by atoms with Gasteiger partial charge in [0.15, 0.2) is 0 Å². The molecule has 9 heteroatoms. The number of hydrogen-bond donors (Lipinski definition) is 0. The predicted octanol–water partition coefficient (Wildman–Crippen LogP) is 25.9. The first-order chi connectivity index (χ1) is 50.2. The summed E-state index contributed by atoms with van der Waals surface area (Å²) in [5.74, 6) is 11.5. The van der Waals surface area contributed by atoms with Gasteiger partial charge in [-0.1, -0.05) is 24.3 Å². The van der Waals surface area contributed by atoms with Crippen LogP contribution in [-0.4, -0.2) is 28.7 Å². The van der Waals surface area contributed by atoms with Crippen molar-refractivity contribution in [1.82, 2.24) is 0 Å². The maximum absolute atomic E-state index is 11.5. The van der Waals surface area contributed by atoms with Gasteiger partial charge in [0.25, 0.3) is 0 Å². The summed E-state index contributed by atoms with van der Waals surface area (Å²) in [5.41, 5.74) is 20.7. The van der Waals surface area contributed by atoms with Crippen LogP contribution in [0.3, 0.4) is 0 Å². The average Bonchev–Trinajstić information content (AvgIpc) is 1.51. The average molecular weight is 1580 g/mol. The van der Waals surface area contributed by atoms with Crippen LogP contribution in [0.4, 0.5) is 0 Å². The molecule has 10 aliphatic rings. The Kier molecular flexibility index (Phi) is 15.8. The number of rotatable bonds is 12. The quantitative estimate of drug-likeness (QED) is 0.114. The Labute approximate surface area is 619 Å². The van der Waals surface area contributed by atoms with Crippen molar-refractivity contribution in [3.8, 4) is 46.0 Å². The number of fused-ring (bicyclic) bond motifs is 8. The van der Waals surface area contributed by atoms with Gasteiger partial charge in [-0.25, -0.2) is 0 Å². The second-order valence-electron chi connectivity index (χ2n) is 29.9. The zero-order chi connectivity index (χ0) is 70.2. The standard InChI is InChI=1S/2C47H40GeO2.2ClH.Zr/c2*1-32-30-44-40(34-22-26-38(27-23-34)49-36-14-6-4-7-15-36)18-10-12-20-42(44)46(32)48(3)47-33(2)31-45-41(19-11-13-21-43(45)47)35-24-28-39(29-25-35)50-37-16-8-5-9-17-37;;;/h2*4-31,40-41,48H,1-3H3;2*1H;/q;;;;+2/p-2. The van der Waals surface area contributed by atoms with Crippen molar-refractivity contribution in [2.75, 3.05) is 0 Å². The molecule has 0 N–H and O–H groups in total. The molecular weight excluding hydrogens is 1500 g/mol. The van der Waals surface area contributed by atoms with E-state index >= 15 is 0 Å². The SMILES string of the molecule is CC1=CC2=C(C=CC=CC2c2ccc(Oc3ccccc3)cc2)[C]12[GeH]([CH3])[C]1(C(C)=CC3=C1C=CC=CC3c1ccc(Oc3ccccc3)cc1)[Zr]21([Cl])([Cl])[C]2(C(C)=CC3=C2C=CC=CC3c2ccc(Oc3ccccc3)cc2)[GeH]([CH3])[C]12C(C)=CC1=C2C=CC=CC1c1ccc(Oc2ccccc2)cc1. The van der Waals surface area contributed by atoms with Gasteiger partial charge in [-0.3, -0.25) is 0 Å². The van der Waals surface area contributed by atoms with Gasteiger partial charge < -0.3 is 0 Å². The Bertz CT molecular complexity index is 4740. The molecule has 0 radical (unpaired) electrons. The first-order valence-electron chi connectivity index (χ1n) is 36.4. The molecule has 5 spiro atoms. The Hall–Kier alpha value is -8.65. The third-order valence-electron chi connectivity index (χ3n) is 26.0. The van der Waals surface area contributed by atoms with Crippen molar-refractivity contribution in [1.29, 1.82) is 0 Å². The van der Waals surface area contributed by atoms with Crippen molar-refractivity contribution in [2.45, 2.75) is 70.7 Å². The number of ether oxygens (including phenoxy) is 4. The van der Waals surface area contributed by atoms with Crippen LogP contribution in [0.1, 0.15) is 73.6 Å². The number of allylic oxidation sites excluding steroid dienone is 32. The van der Waals surface area contributed by atoms with Gasteiger partial charge >= 0.3 is 601 Å². The van der Waals surface area contributed by atoms with E-state index in [1.807, 2.05) is 121 Å². The minimum absolute atomic E-state index is 0.120. The molecule has 0 bridgehead atoms. The monoisotopic (exact) mass is 1580 g/mol. The van der Waals surface area contributed by atoms with E-state index in [2.05, 4.69) is 258 Å². The molecule has 8 aliphatic carbocycles. The zero-order valence-electron chi connectivity index (χ0n) is 58.7. The van der Waals surface area contributed by atoms with E-state index in [-0.39, 0.29) is 23.7 Å². The van der Waals surface area contributed by atoms with Crippen LogP contribution < -0.4 is 18.9 Å². The molecular formula is C94H80Cl2Ge2O4Zr. The van der Waals surface area contributed by atoms with Crippen LogP contribution in [-0.2, 0) is 14.9 Å². The topological polar surface area (TPSA) is 36.9 Å². The Morgan fingerprint density at radius 2 is 0.466 bits per heavy atom. The fraction of sp³-hybridized carbons (Fsp3) is 0.149. The fourth-order valence-electron chi connectivity index (χ4n) is 23.4. The number of benzene rings is 8. The third-order valence-corrected chi connectivity index (χ3v) is 158. The first-order valence-corrected chi connectivity index (χ1v) is 57.3.